The molecule has 4 rings (SSSR count). The molecule has 0 heterocycles. The van der Waals surface area contributed by atoms with E-state index in [1.165, 1.54) is 11.1 Å². The van der Waals surface area contributed by atoms with E-state index in [-0.39, 0.29) is 0 Å². The first kappa shape index (κ1) is 11.7. The number of fused-ring (bicyclic) bond motifs is 2. The first-order chi connectivity index (χ1) is 9.42. The summed E-state index contributed by atoms with van der Waals surface area (Å²) in [5, 5.41) is 0. The summed E-state index contributed by atoms with van der Waals surface area (Å²) in [6, 6.07) is 17.8. The molecule has 2 unspecified atom stereocenters. The fourth-order valence-electron chi connectivity index (χ4n) is 3.33. The van der Waals surface area contributed by atoms with Gasteiger partial charge in [0, 0.05) is 0 Å². The topological polar surface area (TPSA) is 0 Å². The average molecular weight is 431 g/mol. The molecule has 0 N–H and O–H groups in total. The van der Waals surface area contributed by atoms with Crippen molar-refractivity contribution < 1.29 is 24.6 Å². The molecule has 0 amide bonds. The van der Waals surface area contributed by atoms with E-state index in [1.54, 1.807) is 11.1 Å². The fourth-order valence-corrected chi connectivity index (χ4v) is 12.6. The first-order valence-corrected chi connectivity index (χ1v) is 13.3. The summed E-state index contributed by atoms with van der Waals surface area (Å²) < 4.78 is 1.58. The third kappa shape index (κ3) is 2.03. The SMILES string of the molecule is C1=C[CH]([Hg][CH]2C=Cc3ccccc32)c2ccccc21. The Hall–Kier alpha value is -1.14. The monoisotopic (exact) mass is 432 g/mol. The molecule has 2 aromatic carbocycles. The van der Waals surface area contributed by atoms with Crippen molar-refractivity contribution in [1.29, 1.82) is 0 Å². The molecule has 0 radical (unpaired) electrons. The van der Waals surface area contributed by atoms with Crippen LogP contribution in [-0.4, -0.2) is 0 Å². The average Bonchev–Trinajstić information content (AvgIpc) is 3.05. The molecule has 19 heavy (non-hydrogen) atoms. The minimum atomic E-state index is -1.07. The van der Waals surface area contributed by atoms with E-state index in [2.05, 4.69) is 72.8 Å². The van der Waals surface area contributed by atoms with Crippen LogP contribution in [0, 0.1) is 0 Å². The molecule has 0 spiro atoms. The van der Waals surface area contributed by atoms with Gasteiger partial charge in [-0.3, -0.25) is 0 Å². The molecular weight excluding hydrogens is 417 g/mol. The Morgan fingerprint density at radius 2 is 1.11 bits per heavy atom. The van der Waals surface area contributed by atoms with Crippen molar-refractivity contribution in [3.8, 4) is 0 Å². The summed E-state index contributed by atoms with van der Waals surface area (Å²) in [5.74, 6) is 0. The van der Waals surface area contributed by atoms with Gasteiger partial charge >= 0.3 is 127 Å². The van der Waals surface area contributed by atoms with Crippen molar-refractivity contribution in [2.24, 2.45) is 0 Å². The van der Waals surface area contributed by atoms with Crippen molar-refractivity contribution in [3.63, 3.8) is 0 Å². The number of benzene rings is 2. The van der Waals surface area contributed by atoms with Crippen LogP contribution in [0.5, 0.6) is 0 Å². The van der Waals surface area contributed by atoms with Gasteiger partial charge in [-0.05, 0) is 0 Å². The van der Waals surface area contributed by atoms with Gasteiger partial charge in [0.15, 0.2) is 0 Å². The van der Waals surface area contributed by atoms with Crippen molar-refractivity contribution >= 4 is 12.2 Å². The van der Waals surface area contributed by atoms with Crippen LogP contribution < -0.4 is 0 Å². The van der Waals surface area contributed by atoms with Crippen LogP contribution in [0.3, 0.4) is 0 Å². The summed E-state index contributed by atoms with van der Waals surface area (Å²) in [6.07, 6.45) is 9.57. The Labute approximate surface area is 126 Å². The Kier molecular flexibility index (Phi) is 2.92. The van der Waals surface area contributed by atoms with E-state index in [0.29, 0.717) is 0 Å². The third-order valence-corrected chi connectivity index (χ3v) is 13.8. The van der Waals surface area contributed by atoms with Crippen LogP contribution in [0.1, 0.15) is 29.1 Å². The second-order valence-electron chi connectivity index (χ2n) is 5.42. The molecule has 0 fully saturated rings. The van der Waals surface area contributed by atoms with Gasteiger partial charge in [-0.2, -0.15) is 0 Å². The normalized spacial score (nSPS) is 22.1. The van der Waals surface area contributed by atoms with Crippen molar-refractivity contribution in [2.75, 3.05) is 0 Å². The van der Waals surface area contributed by atoms with Gasteiger partial charge in [0.25, 0.3) is 0 Å². The summed E-state index contributed by atoms with van der Waals surface area (Å²) in [7, 11) is 0. The van der Waals surface area contributed by atoms with Gasteiger partial charge in [0.1, 0.15) is 0 Å². The van der Waals surface area contributed by atoms with Crippen molar-refractivity contribution in [1.82, 2.24) is 0 Å². The molecule has 0 saturated carbocycles. The molecule has 0 bridgehead atoms. The summed E-state index contributed by atoms with van der Waals surface area (Å²) in [4.78, 5) is 0. The Bertz CT molecular complexity index is 622. The first-order valence-electron chi connectivity index (χ1n) is 6.96. The quantitative estimate of drug-likeness (QED) is 0.611. The van der Waals surface area contributed by atoms with E-state index in [9.17, 15) is 0 Å². The van der Waals surface area contributed by atoms with Crippen LogP contribution in [0.4, 0.5) is 0 Å². The van der Waals surface area contributed by atoms with Crippen LogP contribution >= 0.6 is 0 Å². The van der Waals surface area contributed by atoms with Gasteiger partial charge in [0.05, 0.1) is 0 Å². The Morgan fingerprint density at radius 1 is 0.632 bits per heavy atom. The van der Waals surface area contributed by atoms with Gasteiger partial charge < -0.3 is 0 Å². The van der Waals surface area contributed by atoms with Gasteiger partial charge in [-0.1, -0.05) is 0 Å². The predicted octanol–water partition coefficient (Wildman–Crippen LogP) is 4.61. The summed E-state index contributed by atoms with van der Waals surface area (Å²) >= 11 is -1.07. The zero-order valence-electron chi connectivity index (χ0n) is 10.8. The zero-order chi connectivity index (χ0) is 12.7. The van der Waals surface area contributed by atoms with E-state index in [0.717, 1.165) is 6.85 Å². The van der Waals surface area contributed by atoms with Crippen LogP contribution in [0.2, 0.25) is 0 Å². The van der Waals surface area contributed by atoms with Crippen molar-refractivity contribution in [3.05, 3.63) is 82.9 Å². The zero-order valence-corrected chi connectivity index (χ0v) is 16.3. The molecule has 0 aromatic heterocycles. The number of allylic oxidation sites excluding steroid dienone is 2. The molecule has 2 atom stereocenters. The second kappa shape index (κ2) is 4.75. The van der Waals surface area contributed by atoms with Crippen LogP contribution in [0.15, 0.2) is 60.7 Å². The third-order valence-electron chi connectivity index (χ3n) is 4.32. The molecule has 0 aliphatic heterocycles. The number of hydrogen-bond acceptors (Lipinski definition) is 0. The van der Waals surface area contributed by atoms with Crippen LogP contribution in [0.25, 0.3) is 12.2 Å². The van der Waals surface area contributed by atoms with E-state index < -0.39 is 24.6 Å². The van der Waals surface area contributed by atoms with E-state index >= 15 is 0 Å². The standard InChI is InChI=1S/2C9H7.Hg/c2*1-2-5-9-7-3-6-8(9)4-1;/h2*1-7H;. The predicted molar refractivity (Wildman–Crippen MR) is 76.4 cm³/mol. The molecule has 1 heteroatoms. The van der Waals surface area contributed by atoms with E-state index in [1.807, 2.05) is 0 Å². The molecule has 2 aromatic rings. The molecule has 2 aliphatic rings. The maximum atomic E-state index is 2.46. The van der Waals surface area contributed by atoms with Gasteiger partial charge in [-0.15, -0.1) is 0 Å². The molecule has 2 aliphatic carbocycles. The Morgan fingerprint density at radius 3 is 1.63 bits per heavy atom. The van der Waals surface area contributed by atoms with Gasteiger partial charge in [-0.25, -0.2) is 0 Å². The number of rotatable bonds is 2. The van der Waals surface area contributed by atoms with Gasteiger partial charge in [0.2, 0.25) is 0 Å². The molecule has 88 valence electrons. The molecule has 0 saturated heterocycles. The Balaban J connectivity index is 1.62. The maximum absolute atomic E-state index is 2.46. The molecular formula is C18H14Hg. The van der Waals surface area contributed by atoms with E-state index in [4.69, 9.17) is 0 Å². The summed E-state index contributed by atoms with van der Waals surface area (Å²) in [5.41, 5.74) is 6.06. The molecule has 0 nitrogen and oxygen atoms in total. The summed E-state index contributed by atoms with van der Waals surface area (Å²) in [6.45, 7) is 0. The van der Waals surface area contributed by atoms with Crippen molar-refractivity contribution in [2.45, 2.75) is 6.85 Å². The van der Waals surface area contributed by atoms with Crippen LogP contribution in [-0.2, 0) is 24.6 Å². The second-order valence-corrected chi connectivity index (χ2v) is 14.1. The fraction of sp³-hybridized carbons (Fsp3) is 0.111. The minimum absolute atomic E-state index is 0.789. The number of hydrogen-bond donors (Lipinski definition) is 0.